The van der Waals surface area contributed by atoms with Crippen LogP contribution in [0.2, 0.25) is 0 Å². The molecule has 1 fully saturated rings. The Labute approximate surface area is 138 Å². The smallest absolute Gasteiger partial charge is 0.254 e. The lowest BCUT2D eigenvalue weighted by atomic mass is 10.0. The highest BCUT2D eigenvalue weighted by molar-refractivity contribution is 5.95. The lowest BCUT2D eigenvalue weighted by Gasteiger charge is -2.25. The number of nitrogens with zero attached hydrogens (tertiary/aromatic N) is 1. The van der Waals surface area contributed by atoms with Gasteiger partial charge in [-0.3, -0.25) is 4.79 Å². The van der Waals surface area contributed by atoms with E-state index in [-0.39, 0.29) is 25.1 Å². The Kier molecular flexibility index (Phi) is 4.59. The number of carbonyl (C=O) groups excluding carboxylic acids is 1. The van der Waals surface area contributed by atoms with Crippen molar-refractivity contribution in [2.75, 3.05) is 6.54 Å². The zero-order chi connectivity index (χ0) is 17.3. The lowest BCUT2D eigenvalue weighted by Crippen LogP contribution is -2.32. The van der Waals surface area contributed by atoms with Crippen LogP contribution in [0.4, 0.5) is 8.78 Å². The van der Waals surface area contributed by atoms with Gasteiger partial charge in [0.1, 0.15) is 11.6 Å². The van der Waals surface area contributed by atoms with Crippen molar-refractivity contribution in [2.24, 2.45) is 0 Å². The zero-order valence-corrected chi connectivity index (χ0v) is 12.8. The molecule has 2 N–H and O–H groups in total. The summed E-state index contributed by atoms with van der Waals surface area (Å²) < 4.78 is 27.6. The van der Waals surface area contributed by atoms with Gasteiger partial charge in [0, 0.05) is 17.7 Å². The molecule has 6 heteroatoms. The summed E-state index contributed by atoms with van der Waals surface area (Å²) in [7, 11) is 0. The van der Waals surface area contributed by atoms with E-state index in [1.807, 2.05) is 0 Å². The Morgan fingerprint density at radius 3 is 2.75 bits per heavy atom. The molecule has 2 aromatic rings. The summed E-state index contributed by atoms with van der Waals surface area (Å²) in [5, 5.41) is 19.1. The van der Waals surface area contributed by atoms with E-state index >= 15 is 0 Å². The van der Waals surface area contributed by atoms with Gasteiger partial charge >= 0.3 is 0 Å². The van der Waals surface area contributed by atoms with Crippen LogP contribution < -0.4 is 0 Å². The zero-order valence-electron chi connectivity index (χ0n) is 12.8. The fourth-order valence-electron chi connectivity index (χ4n) is 3.07. The second-order valence-corrected chi connectivity index (χ2v) is 5.89. The van der Waals surface area contributed by atoms with Crippen molar-refractivity contribution in [3.05, 3.63) is 70.8 Å². The van der Waals surface area contributed by atoms with Gasteiger partial charge in [0.05, 0.1) is 18.8 Å². The molecule has 1 amide bonds. The third kappa shape index (κ3) is 3.16. The molecule has 24 heavy (non-hydrogen) atoms. The first-order valence-electron chi connectivity index (χ1n) is 7.63. The fourth-order valence-corrected chi connectivity index (χ4v) is 3.07. The van der Waals surface area contributed by atoms with Crippen LogP contribution in [0.1, 0.15) is 33.9 Å². The van der Waals surface area contributed by atoms with Crippen LogP contribution in [0.3, 0.4) is 0 Å². The number of carbonyl (C=O) groups is 1. The maximum Gasteiger partial charge on any atom is 0.254 e. The highest BCUT2D eigenvalue weighted by Gasteiger charge is 2.37. The number of halogens is 2. The number of aliphatic hydroxyl groups excluding tert-OH is 2. The van der Waals surface area contributed by atoms with Crippen molar-refractivity contribution < 1.29 is 23.8 Å². The number of likely N-dealkylation sites (tertiary alicyclic amines) is 1. The van der Waals surface area contributed by atoms with E-state index in [1.165, 1.54) is 4.90 Å². The molecule has 1 aliphatic rings. The molecule has 2 unspecified atom stereocenters. The van der Waals surface area contributed by atoms with Gasteiger partial charge in [-0.05, 0) is 42.3 Å². The molecule has 0 aliphatic carbocycles. The van der Waals surface area contributed by atoms with Crippen LogP contribution in [-0.4, -0.2) is 33.7 Å². The maximum absolute atomic E-state index is 14.1. The molecule has 126 valence electrons. The lowest BCUT2D eigenvalue weighted by molar-refractivity contribution is 0.0713. The van der Waals surface area contributed by atoms with Crippen molar-refractivity contribution in [3.63, 3.8) is 0 Å². The van der Waals surface area contributed by atoms with Crippen molar-refractivity contribution in [1.29, 1.82) is 0 Å². The van der Waals surface area contributed by atoms with E-state index in [1.54, 1.807) is 24.3 Å². The average Bonchev–Trinajstić information content (AvgIpc) is 2.98. The van der Waals surface area contributed by atoms with Gasteiger partial charge in [0.2, 0.25) is 0 Å². The first-order chi connectivity index (χ1) is 11.5. The summed E-state index contributed by atoms with van der Waals surface area (Å²) in [5.41, 5.74) is 0.963. The first kappa shape index (κ1) is 16.5. The van der Waals surface area contributed by atoms with Gasteiger partial charge in [0.15, 0.2) is 0 Å². The van der Waals surface area contributed by atoms with Crippen molar-refractivity contribution >= 4 is 5.91 Å². The quantitative estimate of drug-likeness (QED) is 0.907. The number of aliphatic hydroxyl groups is 2. The van der Waals surface area contributed by atoms with Crippen LogP contribution in [0.15, 0.2) is 42.5 Å². The number of β-amino-alcohol motifs (C(OH)–C–C–N with tert-alkyl or cyclic N) is 1. The van der Waals surface area contributed by atoms with Crippen molar-refractivity contribution in [1.82, 2.24) is 4.90 Å². The van der Waals surface area contributed by atoms with Gasteiger partial charge in [-0.15, -0.1) is 0 Å². The third-order valence-electron chi connectivity index (χ3n) is 4.21. The Bertz CT molecular complexity index is 766. The van der Waals surface area contributed by atoms with Gasteiger partial charge in [-0.25, -0.2) is 8.78 Å². The molecule has 0 radical (unpaired) electrons. The van der Waals surface area contributed by atoms with E-state index in [2.05, 4.69) is 0 Å². The van der Waals surface area contributed by atoms with Gasteiger partial charge in [-0.1, -0.05) is 12.1 Å². The van der Waals surface area contributed by atoms with E-state index in [0.717, 1.165) is 18.2 Å². The minimum absolute atomic E-state index is 0.0445. The second-order valence-electron chi connectivity index (χ2n) is 5.89. The minimum Gasteiger partial charge on any atom is -0.392 e. The van der Waals surface area contributed by atoms with Crippen molar-refractivity contribution in [2.45, 2.75) is 25.2 Å². The molecule has 2 atom stereocenters. The number of rotatable bonds is 3. The molecule has 1 aliphatic heterocycles. The molecular formula is C18H17F2NO3. The fraction of sp³-hybridized carbons (Fsp3) is 0.278. The summed E-state index contributed by atoms with van der Waals surface area (Å²) in [6.07, 6.45) is -0.658. The predicted octanol–water partition coefficient (Wildman–Crippen LogP) is 2.41. The van der Waals surface area contributed by atoms with E-state index in [9.17, 15) is 23.8 Å². The summed E-state index contributed by atoms with van der Waals surface area (Å²) in [6.45, 7) is -0.158. The van der Waals surface area contributed by atoms with Gasteiger partial charge < -0.3 is 15.1 Å². The summed E-state index contributed by atoms with van der Waals surface area (Å²) in [6, 6.07) is 8.81. The van der Waals surface area contributed by atoms with Crippen LogP contribution in [0.5, 0.6) is 0 Å². The largest absolute Gasteiger partial charge is 0.392 e. The maximum atomic E-state index is 14.1. The highest BCUT2D eigenvalue weighted by Crippen LogP contribution is 2.35. The highest BCUT2D eigenvalue weighted by atomic mass is 19.1. The van der Waals surface area contributed by atoms with Crippen LogP contribution in [-0.2, 0) is 6.61 Å². The van der Waals surface area contributed by atoms with Crippen LogP contribution >= 0.6 is 0 Å². The summed E-state index contributed by atoms with van der Waals surface area (Å²) >= 11 is 0. The third-order valence-corrected chi connectivity index (χ3v) is 4.21. The predicted molar refractivity (Wildman–Crippen MR) is 83.1 cm³/mol. The Hall–Kier alpha value is -2.31. The average molecular weight is 333 g/mol. The topological polar surface area (TPSA) is 60.8 Å². The van der Waals surface area contributed by atoms with E-state index in [0.29, 0.717) is 11.1 Å². The molecule has 0 spiro atoms. The molecule has 1 heterocycles. The van der Waals surface area contributed by atoms with Crippen molar-refractivity contribution in [3.8, 4) is 0 Å². The second kappa shape index (κ2) is 6.67. The summed E-state index contributed by atoms with van der Waals surface area (Å²) in [4.78, 5) is 14.1. The molecule has 0 saturated carbocycles. The minimum atomic E-state index is -0.803. The van der Waals surface area contributed by atoms with E-state index in [4.69, 9.17) is 0 Å². The normalized spacial score (nSPS) is 20.4. The molecular weight excluding hydrogens is 316 g/mol. The first-order valence-corrected chi connectivity index (χ1v) is 7.63. The Balaban J connectivity index is 1.95. The molecule has 0 aromatic heterocycles. The van der Waals surface area contributed by atoms with Gasteiger partial charge in [-0.2, -0.15) is 0 Å². The van der Waals surface area contributed by atoms with Gasteiger partial charge in [0.25, 0.3) is 5.91 Å². The van der Waals surface area contributed by atoms with Crippen LogP contribution in [0, 0.1) is 11.6 Å². The number of amides is 1. The number of benzene rings is 2. The number of hydrogen-bond acceptors (Lipinski definition) is 3. The standard InChI is InChI=1S/C18H17F2NO3/c19-13-4-5-16(20)15(7-13)17-8-14(23)9-21(17)18(24)12-3-1-2-11(6-12)10-22/h1-7,14,17,22-23H,8-10H2. The Morgan fingerprint density at radius 2 is 2.00 bits per heavy atom. The monoisotopic (exact) mass is 333 g/mol. The molecule has 4 nitrogen and oxygen atoms in total. The molecule has 3 rings (SSSR count). The number of hydrogen-bond donors (Lipinski definition) is 2. The molecule has 0 bridgehead atoms. The summed E-state index contributed by atoms with van der Waals surface area (Å²) in [5.74, 6) is -1.60. The van der Waals surface area contributed by atoms with Crippen LogP contribution in [0.25, 0.3) is 0 Å². The molecule has 2 aromatic carbocycles. The van der Waals surface area contributed by atoms with E-state index < -0.39 is 29.7 Å². The molecule has 1 saturated heterocycles. The SMILES string of the molecule is O=C(c1cccc(CO)c1)N1CC(O)CC1c1cc(F)ccc1F. The Morgan fingerprint density at radius 1 is 1.21 bits per heavy atom.